The molecule has 1 fully saturated rings. The molecule has 1 saturated carbocycles. The van der Waals surface area contributed by atoms with Crippen molar-refractivity contribution in [3.63, 3.8) is 0 Å². The Balaban J connectivity index is 1.74. The molecular formula is C11H18N4O. The fraction of sp³-hybridized carbons (Fsp3) is 0.636. The predicted molar refractivity (Wildman–Crippen MR) is 62.3 cm³/mol. The summed E-state index contributed by atoms with van der Waals surface area (Å²) in [5, 5.41) is 14.8. The molecule has 88 valence electrons. The summed E-state index contributed by atoms with van der Waals surface area (Å²) in [5.41, 5.74) is 0.990. The quantitative estimate of drug-likeness (QED) is 0.668. The monoisotopic (exact) mass is 222 g/mol. The van der Waals surface area contributed by atoms with Gasteiger partial charge in [0.15, 0.2) is 0 Å². The number of rotatable bonds is 7. The van der Waals surface area contributed by atoms with Crippen molar-refractivity contribution >= 4 is 5.82 Å². The lowest BCUT2D eigenvalue weighted by atomic mass is 10.3. The maximum absolute atomic E-state index is 4.94. The summed E-state index contributed by atoms with van der Waals surface area (Å²) in [6.45, 7) is 2.24. The number of anilines is 1. The number of methoxy groups -OCH3 is 1. The molecule has 0 radical (unpaired) electrons. The van der Waals surface area contributed by atoms with Crippen LogP contribution in [0, 0.1) is 0 Å². The maximum Gasteiger partial charge on any atom is 0.148 e. The number of hydrogen-bond donors (Lipinski definition) is 2. The van der Waals surface area contributed by atoms with Gasteiger partial charge in [-0.1, -0.05) is 0 Å². The molecule has 0 atom stereocenters. The molecular weight excluding hydrogens is 204 g/mol. The van der Waals surface area contributed by atoms with Gasteiger partial charge < -0.3 is 15.4 Å². The zero-order valence-electron chi connectivity index (χ0n) is 9.57. The van der Waals surface area contributed by atoms with E-state index in [9.17, 15) is 0 Å². The minimum atomic E-state index is 0.673. The minimum absolute atomic E-state index is 0.673. The van der Waals surface area contributed by atoms with Crippen LogP contribution in [0.1, 0.15) is 18.5 Å². The molecule has 2 rings (SSSR count). The molecule has 5 heteroatoms. The van der Waals surface area contributed by atoms with Gasteiger partial charge in [0.25, 0.3) is 0 Å². The fourth-order valence-electron chi connectivity index (χ4n) is 1.37. The van der Waals surface area contributed by atoms with Crippen LogP contribution in [0.3, 0.4) is 0 Å². The first-order chi connectivity index (χ1) is 7.88. The average molecular weight is 222 g/mol. The Labute approximate surface area is 95.6 Å². The zero-order valence-corrected chi connectivity index (χ0v) is 9.57. The van der Waals surface area contributed by atoms with Crippen LogP contribution in [0.4, 0.5) is 5.82 Å². The van der Waals surface area contributed by atoms with Crippen molar-refractivity contribution in [3.8, 4) is 0 Å². The molecule has 0 aromatic carbocycles. The highest BCUT2D eigenvalue weighted by Gasteiger charge is 2.20. The first kappa shape index (κ1) is 11.3. The highest BCUT2D eigenvalue weighted by Crippen LogP contribution is 2.18. The van der Waals surface area contributed by atoms with Crippen molar-refractivity contribution in [2.75, 3.05) is 25.6 Å². The molecule has 16 heavy (non-hydrogen) atoms. The molecule has 0 unspecified atom stereocenters. The van der Waals surface area contributed by atoms with Crippen molar-refractivity contribution < 1.29 is 4.74 Å². The van der Waals surface area contributed by atoms with E-state index in [1.807, 2.05) is 12.1 Å². The van der Waals surface area contributed by atoms with Crippen LogP contribution >= 0.6 is 0 Å². The third-order valence-corrected chi connectivity index (χ3v) is 2.48. The SMILES string of the molecule is COCCNc1ccc(CNC2CC2)nn1. The summed E-state index contributed by atoms with van der Waals surface area (Å²) >= 11 is 0. The number of ether oxygens (including phenoxy) is 1. The third-order valence-electron chi connectivity index (χ3n) is 2.48. The second kappa shape index (κ2) is 5.77. The normalized spacial score (nSPS) is 15.1. The molecule has 0 amide bonds. The van der Waals surface area contributed by atoms with Crippen LogP contribution in [0.5, 0.6) is 0 Å². The van der Waals surface area contributed by atoms with Crippen LogP contribution in [-0.2, 0) is 11.3 Å². The molecule has 1 heterocycles. The van der Waals surface area contributed by atoms with E-state index in [0.29, 0.717) is 12.6 Å². The predicted octanol–water partition coefficient (Wildman–Crippen LogP) is 0.787. The van der Waals surface area contributed by atoms with Gasteiger partial charge in [-0.05, 0) is 25.0 Å². The molecule has 1 aliphatic rings. The smallest absolute Gasteiger partial charge is 0.148 e. The third kappa shape index (κ3) is 3.75. The molecule has 1 aliphatic carbocycles. The van der Waals surface area contributed by atoms with Gasteiger partial charge in [0, 0.05) is 26.2 Å². The van der Waals surface area contributed by atoms with Crippen molar-refractivity contribution in [2.24, 2.45) is 0 Å². The minimum Gasteiger partial charge on any atom is -0.383 e. The van der Waals surface area contributed by atoms with Gasteiger partial charge in [0.2, 0.25) is 0 Å². The maximum atomic E-state index is 4.94. The van der Waals surface area contributed by atoms with Crippen LogP contribution in [0.15, 0.2) is 12.1 Å². The Morgan fingerprint density at radius 3 is 2.88 bits per heavy atom. The van der Waals surface area contributed by atoms with Crippen LogP contribution < -0.4 is 10.6 Å². The van der Waals surface area contributed by atoms with Gasteiger partial charge in [0.05, 0.1) is 12.3 Å². The summed E-state index contributed by atoms with van der Waals surface area (Å²) < 4.78 is 4.94. The van der Waals surface area contributed by atoms with Crippen molar-refractivity contribution in [3.05, 3.63) is 17.8 Å². The Hall–Kier alpha value is -1.20. The number of nitrogens with one attached hydrogen (secondary N) is 2. The summed E-state index contributed by atoms with van der Waals surface area (Å²) in [6, 6.07) is 4.66. The van der Waals surface area contributed by atoms with Gasteiger partial charge in [-0.2, -0.15) is 5.10 Å². The van der Waals surface area contributed by atoms with Crippen LogP contribution in [0.2, 0.25) is 0 Å². The summed E-state index contributed by atoms with van der Waals surface area (Å²) in [4.78, 5) is 0. The Morgan fingerprint density at radius 1 is 1.38 bits per heavy atom. The van der Waals surface area contributed by atoms with Crippen LogP contribution in [-0.4, -0.2) is 36.5 Å². The summed E-state index contributed by atoms with van der Waals surface area (Å²) in [5.74, 6) is 0.798. The lowest BCUT2D eigenvalue weighted by Crippen LogP contribution is -2.17. The first-order valence-corrected chi connectivity index (χ1v) is 5.67. The van der Waals surface area contributed by atoms with E-state index < -0.39 is 0 Å². The van der Waals surface area contributed by atoms with Gasteiger partial charge >= 0.3 is 0 Å². The lowest BCUT2D eigenvalue weighted by Gasteiger charge is -2.05. The fourth-order valence-corrected chi connectivity index (χ4v) is 1.37. The van der Waals surface area contributed by atoms with Crippen molar-refractivity contribution in [2.45, 2.75) is 25.4 Å². The highest BCUT2D eigenvalue weighted by molar-refractivity contribution is 5.32. The zero-order chi connectivity index (χ0) is 11.2. The second-order valence-corrected chi connectivity index (χ2v) is 3.98. The Morgan fingerprint density at radius 2 is 2.25 bits per heavy atom. The first-order valence-electron chi connectivity index (χ1n) is 5.67. The molecule has 1 aromatic heterocycles. The topological polar surface area (TPSA) is 59.1 Å². The highest BCUT2D eigenvalue weighted by atomic mass is 16.5. The number of hydrogen-bond acceptors (Lipinski definition) is 5. The van der Waals surface area contributed by atoms with E-state index >= 15 is 0 Å². The van der Waals surface area contributed by atoms with Crippen LogP contribution in [0.25, 0.3) is 0 Å². The standard InChI is InChI=1S/C11H18N4O/c1-16-7-6-12-11-5-4-10(14-15-11)8-13-9-2-3-9/h4-5,9,13H,2-3,6-8H2,1H3,(H,12,15). The molecule has 0 bridgehead atoms. The van der Waals surface area contributed by atoms with Crippen molar-refractivity contribution in [1.82, 2.24) is 15.5 Å². The Bertz CT molecular complexity index is 310. The second-order valence-electron chi connectivity index (χ2n) is 3.98. The molecule has 0 saturated heterocycles. The van der Waals surface area contributed by atoms with E-state index in [1.54, 1.807) is 7.11 Å². The van der Waals surface area contributed by atoms with E-state index in [1.165, 1.54) is 12.8 Å². The van der Waals surface area contributed by atoms with E-state index in [-0.39, 0.29) is 0 Å². The molecule has 5 nitrogen and oxygen atoms in total. The molecule has 0 spiro atoms. The average Bonchev–Trinajstić information content (AvgIpc) is 3.12. The summed E-state index contributed by atoms with van der Waals surface area (Å²) in [7, 11) is 1.68. The summed E-state index contributed by atoms with van der Waals surface area (Å²) in [6.07, 6.45) is 2.59. The molecule has 0 aliphatic heterocycles. The lowest BCUT2D eigenvalue weighted by molar-refractivity contribution is 0.210. The largest absolute Gasteiger partial charge is 0.383 e. The number of aromatic nitrogens is 2. The van der Waals surface area contributed by atoms with Gasteiger partial charge in [-0.25, -0.2) is 0 Å². The van der Waals surface area contributed by atoms with E-state index in [4.69, 9.17) is 4.74 Å². The molecule has 2 N–H and O–H groups in total. The van der Waals surface area contributed by atoms with Crippen molar-refractivity contribution in [1.29, 1.82) is 0 Å². The van der Waals surface area contributed by atoms with Gasteiger partial charge in [-0.15, -0.1) is 5.10 Å². The van der Waals surface area contributed by atoms with Gasteiger partial charge in [-0.3, -0.25) is 0 Å². The van der Waals surface area contributed by atoms with E-state index in [0.717, 1.165) is 24.6 Å². The number of nitrogens with zero attached hydrogens (tertiary/aromatic N) is 2. The van der Waals surface area contributed by atoms with E-state index in [2.05, 4.69) is 20.8 Å². The Kier molecular flexibility index (Phi) is 4.07. The molecule has 1 aromatic rings. The van der Waals surface area contributed by atoms with Gasteiger partial charge in [0.1, 0.15) is 5.82 Å².